The van der Waals surface area contributed by atoms with Crippen LogP contribution in [0.5, 0.6) is 0 Å². The van der Waals surface area contributed by atoms with Crippen molar-refractivity contribution in [1.29, 1.82) is 0 Å². The van der Waals surface area contributed by atoms with E-state index in [9.17, 15) is 65.9 Å². The van der Waals surface area contributed by atoms with Gasteiger partial charge in [0.15, 0.2) is 0 Å². The summed E-state index contributed by atoms with van der Waals surface area (Å²) in [5.41, 5.74) is -21.2. The molecule has 4 nitrogen and oxygen atoms in total. The predicted molar refractivity (Wildman–Crippen MR) is 138 cm³/mol. The highest BCUT2D eigenvalue weighted by Crippen LogP contribution is 2.56. The van der Waals surface area contributed by atoms with Crippen LogP contribution in [0.4, 0.5) is 92.2 Å². The second-order valence-corrected chi connectivity index (χ2v) is 11.0. The van der Waals surface area contributed by atoms with Crippen molar-refractivity contribution >= 4 is 22.7 Å². The van der Waals surface area contributed by atoms with Crippen molar-refractivity contribution in [2.75, 3.05) is 0 Å². The van der Waals surface area contributed by atoms with E-state index in [2.05, 4.69) is 15.0 Å². The first-order valence-electron chi connectivity index (χ1n) is 13.5. The van der Waals surface area contributed by atoms with Crippen molar-refractivity contribution < 1.29 is 92.2 Å². The number of halogens is 21. The number of aromatic amines is 1. The highest BCUT2D eigenvalue weighted by molar-refractivity contribution is 6.18. The van der Waals surface area contributed by atoms with E-state index in [1.165, 1.54) is 0 Å². The fraction of sp³-hybridized carbons (Fsp3) is 0.321. The Labute approximate surface area is 277 Å². The summed E-state index contributed by atoms with van der Waals surface area (Å²) < 4.78 is 298. The number of aromatic nitrogens is 1. The minimum Gasteiger partial charge on any atom is -0.353 e. The summed E-state index contributed by atoms with van der Waals surface area (Å²) in [6.07, 6.45) is -21.5. The van der Waals surface area contributed by atoms with Gasteiger partial charge in [-0.15, -0.1) is 0 Å². The Morgan fingerprint density at radius 2 is 0.623 bits per heavy atom. The van der Waals surface area contributed by atoms with E-state index >= 15 is 26.3 Å². The third kappa shape index (κ3) is 5.62. The van der Waals surface area contributed by atoms with E-state index in [4.69, 9.17) is 0 Å². The molecule has 0 amide bonds. The minimum atomic E-state index is -7.29. The molecule has 8 bridgehead atoms. The highest BCUT2D eigenvalue weighted by Gasteiger charge is 2.77. The lowest BCUT2D eigenvalue weighted by molar-refractivity contribution is -0.343. The van der Waals surface area contributed by atoms with Gasteiger partial charge in [-0.05, 0) is 48.6 Å². The lowest BCUT2D eigenvalue weighted by atomic mass is 9.95. The van der Waals surface area contributed by atoms with Crippen molar-refractivity contribution in [3.63, 3.8) is 0 Å². The molecule has 1 aromatic rings. The molecule has 53 heavy (non-hydrogen) atoms. The molecule has 1 N–H and O–H groups in total. The highest BCUT2D eigenvalue weighted by atomic mass is 19.4. The molecule has 4 aliphatic rings. The number of allylic oxidation sites excluding steroid dienone is 9. The molecule has 0 fully saturated rings. The molecular formula is C28H9F21N4. The normalized spacial score (nSPS) is 19.3. The van der Waals surface area contributed by atoms with Crippen LogP contribution in [0.3, 0.4) is 0 Å². The van der Waals surface area contributed by atoms with Crippen LogP contribution in [0.25, 0.3) is 5.57 Å². The van der Waals surface area contributed by atoms with Crippen molar-refractivity contribution in [2.45, 2.75) is 54.1 Å². The molecule has 5 rings (SSSR count). The smallest absolute Gasteiger partial charge is 0.353 e. The van der Waals surface area contributed by atoms with Crippen molar-refractivity contribution in [1.82, 2.24) is 4.98 Å². The summed E-state index contributed by atoms with van der Waals surface area (Å²) >= 11 is 0. The van der Waals surface area contributed by atoms with Gasteiger partial charge in [0.05, 0.1) is 62.3 Å². The van der Waals surface area contributed by atoms with Gasteiger partial charge >= 0.3 is 54.1 Å². The molecule has 0 radical (unpaired) electrons. The van der Waals surface area contributed by atoms with Crippen LogP contribution in [-0.2, 0) is 0 Å². The van der Waals surface area contributed by atoms with Gasteiger partial charge in [-0.2, -0.15) is 92.2 Å². The Morgan fingerprint density at radius 3 is 0.981 bits per heavy atom. The van der Waals surface area contributed by atoms with Gasteiger partial charge in [-0.1, -0.05) is 0 Å². The number of hydrogen-bond acceptors (Lipinski definition) is 3. The van der Waals surface area contributed by atoms with E-state index < -0.39 is 116 Å². The Bertz CT molecular complexity index is 2030. The van der Waals surface area contributed by atoms with Gasteiger partial charge < -0.3 is 4.98 Å². The van der Waals surface area contributed by atoms with E-state index in [-0.39, 0.29) is 36.4 Å². The minimum absolute atomic E-state index is 0.127. The third-order valence-electron chi connectivity index (χ3n) is 7.62. The number of H-pyrrole nitrogens is 1. The van der Waals surface area contributed by atoms with E-state index in [1.54, 1.807) is 4.98 Å². The molecule has 0 aromatic carbocycles. The second kappa shape index (κ2) is 11.4. The number of nitrogens with one attached hydrogen (secondary N) is 1. The number of alkyl halides is 21. The van der Waals surface area contributed by atoms with Crippen LogP contribution in [0, 0.1) is 0 Å². The van der Waals surface area contributed by atoms with Crippen LogP contribution >= 0.6 is 0 Å². The fourth-order valence-corrected chi connectivity index (χ4v) is 5.00. The van der Waals surface area contributed by atoms with E-state index in [0.717, 1.165) is 0 Å². The van der Waals surface area contributed by atoms with Gasteiger partial charge in [-0.3, -0.25) is 0 Å². The molecule has 1 aromatic heterocycles. The third-order valence-corrected chi connectivity index (χ3v) is 7.62. The molecule has 0 spiro atoms. The summed E-state index contributed by atoms with van der Waals surface area (Å²) in [6, 6.07) is 0.716. The first kappa shape index (κ1) is 39.5. The standard InChI is InChI=1S/C28H9F21N4/c29-20(30,23(35,36)26(41,42)43)17-11-3-1-9(50-11)10-2-4-12(51-10)18(21(31,32)24(37,38)27(44,45)46)14-6-8-16(53-14)19(15-7-5-13(17)52-15)22(33,34)25(39,40)28(47,48)49/h1-8,50H. The maximum absolute atomic E-state index is 15.4. The number of fused-ring (bicyclic) bond motifs is 6. The zero-order valence-corrected chi connectivity index (χ0v) is 24.4. The molecule has 4 aliphatic heterocycles. The van der Waals surface area contributed by atoms with Gasteiger partial charge in [0, 0.05) is 0 Å². The van der Waals surface area contributed by atoms with Crippen LogP contribution < -0.4 is 0 Å². The summed E-state index contributed by atoms with van der Waals surface area (Å²) in [7, 11) is 0. The molecule has 25 heteroatoms. The maximum atomic E-state index is 15.4. The monoisotopic (exact) mass is 800 g/mol. The average Bonchev–Trinajstić information content (AvgIpc) is 3.80. The number of rotatable bonds is 6. The molecule has 288 valence electrons. The lowest BCUT2D eigenvalue weighted by Gasteiger charge is -2.31. The first-order valence-corrected chi connectivity index (χ1v) is 13.5. The van der Waals surface area contributed by atoms with Crippen molar-refractivity contribution in [3.8, 4) is 0 Å². The molecule has 0 saturated heterocycles. The second-order valence-electron chi connectivity index (χ2n) is 11.0. The largest absolute Gasteiger partial charge is 0.460 e. The van der Waals surface area contributed by atoms with Gasteiger partial charge in [-0.25, -0.2) is 15.0 Å². The van der Waals surface area contributed by atoms with Gasteiger partial charge in [0.1, 0.15) is 0 Å². The zero-order chi connectivity index (χ0) is 40.3. The van der Waals surface area contributed by atoms with E-state index in [1.807, 2.05) is 0 Å². The topological polar surface area (TPSA) is 52.9 Å². The lowest BCUT2D eigenvalue weighted by Crippen LogP contribution is -2.54. The Hall–Kier alpha value is -4.74. The number of nitrogens with zero attached hydrogens (tertiary/aromatic N) is 3. The molecule has 0 aliphatic carbocycles. The quantitative estimate of drug-likeness (QED) is 0.279. The summed E-state index contributed by atoms with van der Waals surface area (Å²) in [5.74, 6) is -41.3. The van der Waals surface area contributed by atoms with Crippen LogP contribution in [0.15, 0.2) is 91.8 Å². The SMILES string of the molecule is FC(F)(F)C(F)(F)C(F)(F)C1=C2C=CC(=N2)C(C(F)(F)C(F)(F)C(F)(F)F)=C2C=CC(=N2)c2ccc([nH]2)C(C(F)(F)C(F)(F)C(F)(F)F)=C2C=CC1=N2. The van der Waals surface area contributed by atoms with Crippen molar-refractivity contribution in [3.05, 3.63) is 88.2 Å². The van der Waals surface area contributed by atoms with E-state index in [0.29, 0.717) is 12.1 Å². The molecule has 0 saturated carbocycles. The number of hydrogen-bond donors (Lipinski definition) is 1. The molecule has 5 heterocycles. The summed E-state index contributed by atoms with van der Waals surface area (Å²) in [6.45, 7) is 0. The Morgan fingerprint density at radius 1 is 0.340 bits per heavy atom. The number of aliphatic imine (C=N–C) groups is 3. The first-order chi connectivity index (χ1) is 23.7. The fourth-order valence-electron chi connectivity index (χ4n) is 5.00. The van der Waals surface area contributed by atoms with Crippen LogP contribution in [0.1, 0.15) is 11.4 Å². The van der Waals surface area contributed by atoms with Crippen LogP contribution in [-0.4, -0.2) is 76.2 Å². The predicted octanol–water partition coefficient (Wildman–Crippen LogP) is 10.1. The molecular weight excluding hydrogens is 791 g/mol. The molecule has 0 unspecified atom stereocenters. The van der Waals surface area contributed by atoms with Gasteiger partial charge in [0.2, 0.25) is 0 Å². The molecule has 0 atom stereocenters. The maximum Gasteiger partial charge on any atom is 0.460 e. The summed E-state index contributed by atoms with van der Waals surface area (Å²) in [4.78, 5) is 10.9. The Balaban J connectivity index is 1.96. The van der Waals surface area contributed by atoms with Crippen LogP contribution in [0.2, 0.25) is 0 Å². The van der Waals surface area contributed by atoms with Crippen molar-refractivity contribution in [2.24, 2.45) is 15.0 Å². The summed E-state index contributed by atoms with van der Waals surface area (Å²) in [5, 5.41) is 0. The average molecular weight is 800 g/mol. The van der Waals surface area contributed by atoms with Gasteiger partial charge in [0.25, 0.3) is 0 Å². The Kier molecular flexibility index (Phi) is 8.48. The zero-order valence-electron chi connectivity index (χ0n) is 24.4.